The maximum absolute atomic E-state index is 12.0. The van der Waals surface area contributed by atoms with Crippen LogP contribution in [0.15, 0.2) is 59.5 Å². The van der Waals surface area contributed by atoms with Gasteiger partial charge in [0.15, 0.2) is 11.0 Å². The molecular formula is C16H17NO2S. The van der Waals surface area contributed by atoms with Gasteiger partial charge >= 0.3 is 0 Å². The lowest BCUT2D eigenvalue weighted by atomic mass is 10.1. The lowest BCUT2D eigenvalue weighted by molar-refractivity contribution is -0.119. The maximum atomic E-state index is 12.0. The number of carbonyl (C=O) groups excluding carboxylic acids is 1. The van der Waals surface area contributed by atoms with Crippen molar-refractivity contribution in [2.45, 2.75) is 24.7 Å². The van der Waals surface area contributed by atoms with Gasteiger partial charge in [-0.15, -0.1) is 0 Å². The van der Waals surface area contributed by atoms with Crippen molar-refractivity contribution in [1.82, 2.24) is 4.72 Å². The Bertz CT molecular complexity index is 594. The Morgan fingerprint density at radius 3 is 2.35 bits per heavy atom. The van der Waals surface area contributed by atoms with Crippen LogP contribution >= 0.6 is 0 Å². The zero-order valence-electron chi connectivity index (χ0n) is 11.3. The van der Waals surface area contributed by atoms with Crippen LogP contribution in [0.2, 0.25) is 0 Å². The average Bonchev–Trinajstić information content (AvgIpc) is 2.47. The fourth-order valence-corrected chi connectivity index (χ4v) is 2.59. The van der Waals surface area contributed by atoms with Crippen molar-refractivity contribution < 1.29 is 9.00 Å². The molecule has 1 N–H and O–H groups in total. The molecule has 3 nitrogen and oxygen atoms in total. The molecule has 2 aromatic carbocycles. The fraction of sp³-hybridized carbons (Fsp3) is 0.188. The molecule has 20 heavy (non-hydrogen) atoms. The van der Waals surface area contributed by atoms with Crippen LogP contribution in [0.3, 0.4) is 0 Å². The molecule has 4 heteroatoms. The third kappa shape index (κ3) is 4.31. The van der Waals surface area contributed by atoms with E-state index in [4.69, 9.17) is 0 Å². The molecule has 0 saturated heterocycles. The normalized spacial score (nSPS) is 11.8. The first kappa shape index (κ1) is 14.5. The minimum absolute atomic E-state index is 0.201. The third-order valence-corrected chi connectivity index (χ3v) is 4.04. The van der Waals surface area contributed by atoms with E-state index < -0.39 is 11.0 Å². The highest BCUT2D eigenvalue weighted by molar-refractivity contribution is 7.83. The van der Waals surface area contributed by atoms with E-state index in [2.05, 4.69) is 4.72 Å². The SMILES string of the molecule is Cc1ccc(S(=O)NC(=O)CCc2ccccc2)cc1. The molecule has 0 aliphatic carbocycles. The highest BCUT2D eigenvalue weighted by Crippen LogP contribution is 2.07. The number of rotatable bonds is 5. The summed E-state index contributed by atoms with van der Waals surface area (Å²) < 4.78 is 14.5. The predicted molar refractivity (Wildman–Crippen MR) is 80.5 cm³/mol. The minimum Gasteiger partial charge on any atom is -0.274 e. The first-order chi connectivity index (χ1) is 9.65. The van der Waals surface area contributed by atoms with E-state index >= 15 is 0 Å². The molecule has 0 fully saturated rings. The summed E-state index contributed by atoms with van der Waals surface area (Å²) in [5, 5.41) is 0. The Labute approximate surface area is 121 Å². The monoisotopic (exact) mass is 287 g/mol. The topological polar surface area (TPSA) is 46.2 Å². The van der Waals surface area contributed by atoms with Crippen molar-refractivity contribution in [3.05, 3.63) is 65.7 Å². The van der Waals surface area contributed by atoms with E-state index in [0.29, 0.717) is 17.7 Å². The minimum atomic E-state index is -1.48. The van der Waals surface area contributed by atoms with Crippen molar-refractivity contribution in [3.63, 3.8) is 0 Å². The van der Waals surface area contributed by atoms with E-state index in [0.717, 1.165) is 11.1 Å². The lowest BCUT2D eigenvalue weighted by Crippen LogP contribution is -2.25. The second-order valence-electron chi connectivity index (χ2n) is 4.59. The first-order valence-corrected chi connectivity index (χ1v) is 7.62. The Hall–Kier alpha value is -1.94. The van der Waals surface area contributed by atoms with Gasteiger partial charge in [-0.3, -0.25) is 9.52 Å². The summed E-state index contributed by atoms with van der Waals surface area (Å²) in [7, 11) is -1.48. The van der Waals surface area contributed by atoms with Crippen LogP contribution in [-0.4, -0.2) is 10.1 Å². The van der Waals surface area contributed by atoms with Gasteiger partial charge in [0.05, 0.1) is 4.90 Å². The molecule has 0 saturated carbocycles. The van der Waals surface area contributed by atoms with Crippen molar-refractivity contribution in [1.29, 1.82) is 0 Å². The van der Waals surface area contributed by atoms with Crippen LogP contribution < -0.4 is 4.72 Å². The van der Waals surface area contributed by atoms with Crippen molar-refractivity contribution in [2.24, 2.45) is 0 Å². The van der Waals surface area contributed by atoms with Crippen molar-refractivity contribution in [2.75, 3.05) is 0 Å². The Kier molecular flexibility index (Phi) is 5.07. The van der Waals surface area contributed by atoms with Crippen LogP contribution in [0.25, 0.3) is 0 Å². The average molecular weight is 287 g/mol. The van der Waals surface area contributed by atoms with Gasteiger partial charge in [-0.05, 0) is 31.0 Å². The molecule has 1 atom stereocenters. The zero-order valence-corrected chi connectivity index (χ0v) is 12.2. The Balaban J connectivity index is 1.85. The molecule has 1 amide bonds. The molecule has 0 aliphatic rings. The van der Waals surface area contributed by atoms with Gasteiger partial charge < -0.3 is 0 Å². The lowest BCUT2D eigenvalue weighted by Gasteiger charge is -2.05. The number of amides is 1. The van der Waals surface area contributed by atoms with Gasteiger partial charge in [0.1, 0.15) is 0 Å². The summed E-state index contributed by atoms with van der Waals surface area (Å²) in [6, 6.07) is 17.1. The van der Waals surface area contributed by atoms with Crippen LogP contribution in [0.5, 0.6) is 0 Å². The molecule has 2 aromatic rings. The molecule has 1 unspecified atom stereocenters. The Morgan fingerprint density at radius 2 is 1.70 bits per heavy atom. The molecule has 104 valence electrons. The molecule has 2 rings (SSSR count). The van der Waals surface area contributed by atoms with Gasteiger partial charge in [0.25, 0.3) is 0 Å². The highest BCUT2D eigenvalue weighted by Gasteiger charge is 2.08. The quantitative estimate of drug-likeness (QED) is 0.919. The number of benzene rings is 2. The number of nitrogens with one attached hydrogen (secondary N) is 1. The van der Waals surface area contributed by atoms with Crippen molar-refractivity contribution >= 4 is 16.9 Å². The van der Waals surface area contributed by atoms with Gasteiger partial charge in [-0.1, -0.05) is 48.0 Å². The fourth-order valence-electron chi connectivity index (χ4n) is 1.78. The highest BCUT2D eigenvalue weighted by atomic mass is 32.2. The van der Waals surface area contributed by atoms with Crippen LogP contribution in [0.4, 0.5) is 0 Å². The standard InChI is InChI=1S/C16H17NO2S/c1-13-7-10-15(11-8-13)20(19)17-16(18)12-9-14-5-3-2-4-6-14/h2-8,10-11H,9,12H2,1H3,(H,17,18). The van der Waals surface area contributed by atoms with Crippen molar-refractivity contribution in [3.8, 4) is 0 Å². The summed E-state index contributed by atoms with van der Waals surface area (Å²) in [5.74, 6) is -0.201. The summed E-state index contributed by atoms with van der Waals surface area (Å²) in [5.41, 5.74) is 2.20. The second kappa shape index (κ2) is 7.01. The largest absolute Gasteiger partial charge is 0.274 e. The van der Waals surface area contributed by atoms with E-state index in [1.807, 2.05) is 49.4 Å². The van der Waals surface area contributed by atoms with Gasteiger partial charge in [-0.25, -0.2) is 4.21 Å². The van der Waals surface area contributed by atoms with Gasteiger partial charge in [0.2, 0.25) is 5.91 Å². The number of hydrogen-bond donors (Lipinski definition) is 1. The van der Waals surface area contributed by atoms with Gasteiger partial charge in [0, 0.05) is 6.42 Å². The molecule has 0 bridgehead atoms. The van der Waals surface area contributed by atoms with E-state index in [-0.39, 0.29) is 5.91 Å². The summed E-state index contributed by atoms with van der Waals surface area (Å²) in [6.07, 6.45) is 0.986. The van der Waals surface area contributed by atoms with E-state index in [1.165, 1.54) is 0 Å². The molecule has 0 aliphatic heterocycles. The summed E-state index contributed by atoms with van der Waals surface area (Å²) >= 11 is 0. The number of hydrogen-bond acceptors (Lipinski definition) is 2. The number of carbonyl (C=O) groups is 1. The molecule has 0 aromatic heterocycles. The molecule has 0 spiro atoms. The zero-order chi connectivity index (χ0) is 14.4. The first-order valence-electron chi connectivity index (χ1n) is 6.47. The van der Waals surface area contributed by atoms with Crippen LogP contribution in [0.1, 0.15) is 17.5 Å². The van der Waals surface area contributed by atoms with Crippen LogP contribution in [-0.2, 0) is 22.2 Å². The molecule has 0 radical (unpaired) electrons. The Morgan fingerprint density at radius 1 is 1.05 bits per heavy atom. The third-order valence-electron chi connectivity index (χ3n) is 2.93. The van der Waals surface area contributed by atoms with Gasteiger partial charge in [-0.2, -0.15) is 0 Å². The molecular weight excluding hydrogens is 270 g/mol. The second-order valence-corrected chi connectivity index (χ2v) is 5.81. The van der Waals surface area contributed by atoms with Crippen LogP contribution in [0, 0.1) is 6.92 Å². The predicted octanol–water partition coefficient (Wildman–Crippen LogP) is 2.77. The maximum Gasteiger partial charge on any atom is 0.232 e. The summed E-state index contributed by atoms with van der Waals surface area (Å²) in [4.78, 5) is 12.4. The molecule has 0 heterocycles. The van der Waals surface area contributed by atoms with E-state index in [1.54, 1.807) is 12.1 Å². The van der Waals surface area contributed by atoms with E-state index in [9.17, 15) is 9.00 Å². The summed E-state index contributed by atoms with van der Waals surface area (Å²) in [6.45, 7) is 1.96. The smallest absolute Gasteiger partial charge is 0.232 e. The number of aryl methyl sites for hydroxylation is 2.